The molecule has 5 heteroatoms. The molecule has 0 aliphatic heterocycles. The van der Waals surface area contributed by atoms with Gasteiger partial charge in [-0.15, -0.1) is 0 Å². The molecule has 0 spiro atoms. The van der Waals surface area contributed by atoms with Crippen LogP contribution >= 0.6 is 0 Å². The van der Waals surface area contributed by atoms with Gasteiger partial charge in [0.15, 0.2) is 0 Å². The second-order valence-corrected chi connectivity index (χ2v) is 7.91. The quantitative estimate of drug-likeness (QED) is 0.160. The molecule has 1 atom stereocenters. The molecule has 164 valence electrons. The van der Waals surface area contributed by atoms with Crippen LogP contribution in [-0.2, 0) is 14.3 Å². The number of unbranched alkanes of at least 4 members (excludes halogenated alkanes) is 11. The summed E-state index contributed by atoms with van der Waals surface area (Å²) in [6, 6.07) is -0.648. The van der Waals surface area contributed by atoms with Crippen LogP contribution in [-0.4, -0.2) is 36.7 Å². The van der Waals surface area contributed by atoms with Gasteiger partial charge in [-0.25, -0.2) is 9.59 Å². The van der Waals surface area contributed by atoms with Gasteiger partial charge in [0.05, 0.1) is 12.9 Å². The Labute approximate surface area is 172 Å². The number of rotatable bonds is 17. The van der Waals surface area contributed by atoms with Gasteiger partial charge in [0, 0.05) is 7.05 Å². The van der Waals surface area contributed by atoms with Crippen LogP contribution in [0.1, 0.15) is 97.8 Å². The molecule has 0 bridgehead atoms. The molecule has 0 saturated heterocycles. The van der Waals surface area contributed by atoms with Crippen LogP contribution in [0.5, 0.6) is 0 Å². The number of hydrogen-bond donors (Lipinski definition) is 0. The molecular weight excluding hydrogens is 354 g/mol. The first-order valence-electron chi connectivity index (χ1n) is 11.2. The number of ether oxygens (including phenoxy) is 2. The average Bonchev–Trinajstić information content (AvgIpc) is 2.65. The summed E-state index contributed by atoms with van der Waals surface area (Å²) in [5.74, 6) is -0.432. The average molecular weight is 398 g/mol. The zero-order valence-corrected chi connectivity index (χ0v) is 18.7. The van der Waals surface area contributed by atoms with Crippen LogP contribution in [0.15, 0.2) is 12.8 Å². The fourth-order valence-electron chi connectivity index (χ4n) is 3.35. The number of hydrogen-bond acceptors (Lipinski definition) is 4. The van der Waals surface area contributed by atoms with E-state index in [1.807, 2.05) is 13.8 Å². The molecule has 0 aromatic rings. The maximum Gasteiger partial charge on any atom is 0.415 e. The zero-order chi connectivity index (χ0) is 21.2. The van der Waals surface area contributed by atoms with Gasteiger partial charge in [-0.05, 0) is 12.3 Å². The molecule has 0 heterocycles. The lowest BCUT2D eigenvalue weighted by Gasteiger charge is -2.28. The van der Waals surface area contributed by atoms with Crippen LogP contribution < -0.4 is 0 Å². The smallest absolute Gasteiger partial charge is 0.415 e. The number of carbonyl (C=O) groups is 2. The van der Waals surface area contributed by atoms with E-state index in [0.717, 1.165) is 19.1 Å². The Kier molecular flexibility index (Phi) is 16.6. The number of amides is 1. The van der Waals surface area contributed by atoms with Crippen LogP contribution in [0.25, 0.3) is 0 Å². The third kappa shape index (κ3) is 12.8. The van der Waals surface area contributed by atoms with Crippen molar-refractivity contribution >= 4 is 12.1 Å². The largest absolute Gasteiger partial charge is 0.464 e. The molecule has 0 aromatic carbocycles. The van der Waals surface area contributed by atoms with Crippen molar-refractivity contribution in [1.82, 2.24) is 4.90 Å². The lowest BCUT2D eigenvalue weighted by molar-refractivity contribution is -0.150. The summed E-state index contributed by atoms with van der Waals surface area (Å²) < 4.78 is 10.1. The number of likely N-dealkylation sites (N-methyl/N-ethyl adjacent to an activating group) is 1. The van der Waals surface area contributed by atoms with Crippen molar-refractivity contribution in [2.75, 3.05) is 13.7 Å². The van der Waals surface area contributed by atoms with E-state index in [4.69, 9.17) is 9.47 Å². The predicted octanol–water partition coefficient (Wildman–Crippen LogP) is 6.47. The van der Waals surface area contributed by atoms with Crippen LogP contribution in [0.3, 0.4) is 0 Å². The van der Waals surface area contributed by atoms with Crippen LogP contribution in [0.2, 0.25) is 0 Å². The van der Waals surface area contributed by atoms with Crippen molar-refractivity contribution in [2.45, 2.75) is 104 Å². The number of carbonyl (C=O) groups excluding carboxylic acids is 2. The number of esters is 1. The van der Waals surface area contributed by atoms with Gasteiger partial charge in [0.25, 0.3) is 0 Å². The topological polar surface area (TPSA) is 55.8 Å². The summed E-state index contributed by atoms with van der Waals surface area (Å²) in [6.07, 6.45) is 15.7. The van der Waals surface area contributed by atoms with E-state index in [1.165, 1.54) is 69.1 Å². The molecule has 0 rings (SSSR count). The van der Waals surface area contributed by atoms with E-state index in [0.29, 0.717) is 6.61 Å². The van der Waals surface area contributed by atoms with Crippen LogP contribution in [0, 0.1) is 5.92 Å². The predicted molar refractivity (Wildman–Crippen MR) is 115 cm³/mol. The molecule has 28 heavy (non-hydrogen) atoms. The Morgan fingerprint density at radius 2 is 1.36 bits per heavy atom. The van der Waals surface area contributed by atoms with Crippen molar-refractivity contribution in [3.05, 3.63) is 12.8 Å². The minimum absolute atomic E-state index is 0.0585. The third-order valence-corrected chi connectivity index (χ3v) is 5.00. The molecule has 0 aromatic heterocycles. The second kappa shape index (κ2) is 17.6. The minimum Gasteiger partial charge on any atom is -0.464 e. The Morgan fingerprint density at radius 1 is 0.893 bits per heavy atom. The third-order valence-electron chi connectivity index (χ3n) is 5.00. The van der Waals surface area contributed by atoms with Gasteiger partial charge < -0.3 is 9.47 Å². The second-order valence-electron chi connectivity index (χ2n) is 7.91. The standard InChI is InChI=1S/C23H43NO4/c1-6-8-9-10-11-12-13-14-15-16-17-18-19-28-22(25)21(20(3)4)24(5)23(26)27-7-2/h7,20-21H,2,6,8-19H2,1,3-5H3. The Balaban J connectivity index is 3.78. The summed E-state index contributed by atoms with van der Waals surface area (Å²) >= 11 is 0. The van der Waals surface area contributed by atoms with Crippen molar-refractivity contribution in [3.63, 3.8) is 0 Å². The lowest BCUT2D eigenvalue weighted by atomic mass is 10.0. The fraction of sp³-hybridized carbons (Fsp3) is 0.826. The van der Waals surface area contributed by atoms with Gasteiger partial charge >= 0.3 is 12.1 Å². The normalized spacial score (nSPS) is 11.9. The van der Waals surface area contributed by atoms with Crippen LogP contribution in [0.4, 0.5) is 4.79 Å². The van der Waals surface area contributed by atoms with E-state index < -0.39 is 12.1 Å². The molecule has 5 nitrogen and oxygen atoms in total. The van der Waals surface area contributed by atoms with Gasteiger partial charge in [0.2, 0.25) is 0 Å². The zero-order valence-electron chi connectivity index (χ0n) is 18.7. The van der Waals surface area contributed by atoms with E-state index in [1.54, 1.807) is 7.05 Å². The van der Waals surface area contributed by atoms with Gasteiger partial charge in [-0.2, -0.15) is 0 Å². The molecule has 0 aliphatic rings. The fourth-order valence-corrected chi connectivity index (χ4v) is 3.35. The van der Waals surface area contributed by atoms with Gasteiger partial charge in [-0.1, -0.05) is 98.0 Å². The van der Waals surface area contributed by atoms with Crippen molar-refractivity contribution < 1.29 is 19.1 Å². The summed E-state index contributed by atoms with van der Waals surface area (Å²) in [6.45, 7) is 9.79. The summed E-state index contributed by atoms with van der Waals surface area (Å²) in [7, 11) is 1.54. The van der Waals surface area contributed by atoms with E-state index in [2.05, 4.69) is 13.5 Å². The maximum atomic E-state index is 12.3. The molecule has 1 amide bonds. The Bertz CT molecular complexity index is 423. The lowest BCUT2D eigenvalue weighted by Crippen LogP contribution is -2.46. The van der Waals surface area contributed by atoms with E-state index in [-0.39, 0.29) is 11.9 Å². The SMILES string of the molecule is C=COC(=O)N(C)C(C(=O)OCCCCCCCCCCCCCC)C(C)C. The summed E-state index contributed by atoms with van der Waals surface area (Å²) in [4.78, 5) is 25.4. The molecule has 0 N–H and O–H groups in total. The summed E-state index contributed by atoms with van der Waals surface area (Å²) in [5.41, 5.74) is 0. The van der Waals surface area contributed by atoms with Crippen molar-refractivity contribution in [3.8, 4) is 0 Å². The summed E-state index contributed by atoms with van der Waals surface area (Å²) in [5, 5.41) is 0. The molecule has 0 fully saturated rings. The molecule has 0 radical (unpaired) electrons. The van der Waals surface area contributed by atoms with E-state index >= 15 is 0 Å². The first kappa shape index (κ1) is 26.5. The highest BCUT2D eigenvalue weighted by Gasteiger charge is 2.31. The molecule has 1 unspecified atom stereocenters. The number of nitrogens with zero attached hydrogens (tertiary/aromatic N) is 1. The monoisotopic (exact) mass is 397 g/mol. The van der Waals surface area contributed by atoms with E-state index in [9.17, 15) is 9.59 Å². The van der Waals surface area contributed by atoms with Gasteiger partial charge in [-0.3, -0.25) is 4.90 Å². The Morgan fingerprint density at radius 3 is 1.79 bits per heavy atom. The molecule has 0 aliphatic carbocycles. The highest BCUT2D eigenvalue weighted by atomic mass is 16.6. The first-order chi connectivity index (χ1) is 13.5. The maximum absolute atomic E-state index is 12.3. The van der Waals surface area contributed by atoms with Crippen molar-refractivity contribution in [2.24, 2.45) is 5.92 Å². The van der Waals surface area contributed by atoms with Gasteiger partial charge in [0.1, 0.15) is 6.04 Å². The highest BCUT2D eigenvalue weighted by Crippen LogP contribution is 2.14. The first-order valence-corrected chi connectivity index (χ1v) is 11.2. The minimum atomic E-state index is -0.648. The highest BCUT2D eigenvalue weighted by molar-refractivity contribution is 5.81. The van der Waals surface area contributed by atoms with Crippen molar-refractivity contribution in [1.29, 1.82) is 0 Å². The molecular formula is C23H43NO4. The Hall–Kier alpha value is -1.52. The molecule has 0 saturated carbocycles.